The largest absolute Gasteiger partial charge is 0.490 e. The topological polar surface area (TPSA) is 411 Å². The zero-order chi connectivity index (χ0) is 64.1. The summed E-state index contributed by atoms with van der Waals surface area (Å²) in [7, 11) is 0. The van der Waals surface area contributed by atoms with Crippen LogP contribution in [0.2, 0.25) is 0 Å². The summed E-state index contributed by atoms with van der Waals surface area (Å²) in [6.45, 7) is 7.25. The lowest BCUT2D eigenvalue weighted by Gasteiger charge is -2.27. The van der Waals surface area contributed by atoms with Gasteiger partial charge in [0.15, 0.2) is 0 Å². The predicted molar refractivity (Wildman–Crippen MR) is 322 cm³/mol. The number of amides is 9. The van der Waals surface area contributed by atoms with Crippen LogP contribution in [0.25, 0.3) is 33.5 Å². The van der Waals surface area contributed by atoms with Crippen molar-refractivity contribution in [2.75, 3.05) is 84.4 Å². The van der Waals surface area contributed by atoms with Gasteiger partial charge in [0.05, 0.1) is 101 Å². The van der Waals surface area contributed by atoms with Crippen LogP contribution in [0.3, 0.4) is 0 Å². The molecule has 0 bridgehead atoms. The van der Waals surface area contributed by atoms with Crippen LogP contribution in [-0.4, -0.2) is 181 Å². The van der Waals surface area contributed by atoms with E-state index < -0.39 is 72.2 Å². The number of nitrogens with zero attached hydrogens (tertiary/aromatic N) is 4. The highest BCUT2D eigenvalue weighted by Crippen LogP contribution is 2.32. The number of H-pyrrole nitrogens is 1. The number of aryl methyl sites for hydroxylation is 1. The van der Waals surface area contributed by atoms with Crippen molar-refractivity contribution >= 4 is 70.1 Å². The van der Waals surface area contributed by atoms with E-state index in [1.165, 1.54) is 12.2 Å². The number of aromatic nitrogens is 4. The van der Waals surface area contributed by atoms with E-state index in [1.54, 1.807) is 44.3 Å². The number of aromatic amines is 1. The number of hydrogen-bond donors (Lipinski definition) is 10. The molecular formula is C60H77N13O16. The number of primary amides is 1. The smallest absolute Gasteiger partial charge is 0.407 e. The molecule has 4 heterocycles. The first-order valence-electron chi connectivity index (χ1n) is 28.9. The molecule has 3 atom stereocenters. The Morgan fingerprint density at radius 3 is 2.07 bits per heavy atom. The molecule has 5 aromatic rings. The molecule has 3 aromatic heterocycles. The molecule has 29 heteroatoms. The Bertz CT molecular complexity index is 3230. The molecule has 0 fully saturated rings. The van der Waals surface area contributed by atoms with E-state index in [0.29, 0.717) is 28.5 Å². The third-order valence-corrected chi connectivity index (χ3v) is 13.3. The second-order valence-electron chi connectivity index (χ2n) is 20.5. The zero-order valence-corrected chi connectivity index (χ0v) is 49.8. The standard InChI is InChI=1S/C60H77N13O16/c1-37(2)53(72-57(80)47(15-18-52(77)78)68-49(74)19-23-84-26-28-86-30-31-87-29-27-85-25-22-73-50(75)16-17-51(73)76)58(81)69-46(8-5-20-63-59(62)82)56(79)67-42-12-9-39(10-13-42)36-89-60(83)64-21-24-88-43-33-41-32-40(11-14-44(41)65-35-43)54-55(71-48(34-61)70-54)45-7-4-6-38(3)66-45/h4,6-7,9-14,16-17,32-33,35,37,46-47,53H,5,8,15,18-31,34,36,61H2,1-3H3,(H,64,83)(H,67,79)(H,68,74)(H,69,81)(H,70,71)(H,72,80)(H,77,78)(H3,62,63,82)/t46-,47-,53-/m0/s1. The lowest BCUT2D eigenvalue weighted by molar-refractivity contribution is -0.139. The molecular weight excluding hydrogens is 1160 g/mol. The number of carboxylic acid groups (broad SMARTS) is 1. The Hall–Kier alpha value is -9.42. The van der Waals surface area contributed by atoms with Crippen molar-refractivity contribution in [2.24, 2.45) is 17.4 Å². The minimum Gasteiger partial charge on any atom is -0.490 e. The molecule has 0 saturated heterocycles. The van der Waals surface area contributed by atoms with E-state index in [9.17, 15) is 48.3 Å². The number of carbonyl (C=O) groups excluding carboxylic acids is 8. The maximum Gasteiger partial charge on any atom is 0.407 e. The molecule has 0 radical (unpaired) electrons. The number of imide groups is 1. The molecule has 29 nitrogen and oxygen atoms in total. The number of benzene rings is 2. The highest BCUT2D eigenvalue weighted by Gasteiger charge is 2.32. The fraction of sp³-hybridized carbons (Fsp3) is 0.433. The summed E-state index contributed by atoms with van der Waals surface area (Å²) in [5, 5.41) is 25.9. The summed E-state index contributed by atoms with van der Waals surface area (Å²) in [6.07, 6.45) is 2.55. The maximum atomic E-state index is 13.9. The number of carboxylic acids is 1. The van der Waals surface area contributed by atoms with Crippen molar-refractivity contribution in [2.45, 2.75) is 84.2 Å². The average Bonchev–Trinajstić information content (AvgIpc) is 2.73. The number of alkyl carbamates (subject to hydrolysis) is 1. The van der Waals surface area contributed by atoms with E-state index >= 15 is 0 Å². The monoisotopic (exact) mass is 1240 g/mol. The van der Waals surface area contributed by atoms with Crippen LogP contribution < -0.4 is 48.1 Å². The van der Waals surface area contributed by atoms with Gasteiger partial charge in [-0.2, -0.15) is 0 Å². The van der Waals surface area contributed by atoms with Crippen molar-refractivity contribution in [3.63, 3.8) is 0 Å². The number of urea groups is 1. The molecule has 0 unspecified atom stereocenters. The average molecular weight is 1240 g/mol. The van der Waals surface area contributed by atoms with Gasteiger partial charge in [-0.25, -0.2) is 14.6 Å². The van der Waals surface area contributed by atoms with E-state index in [2.05, 4.69) is 46.9 Å². The summed E-state index contributed by atoms with van der Waals surface area (Å²) in [5.41, 5.74) is 16.7. The van der Waals surface area contributed by atoms with Gasteiger partial charge in [0.25, 0.3) is 11.8 Å². The Morgan fingerprint density at radius 2 is 1.40 bits per heavy atom. The van der Waals surface area contributed by atoms with E-state index in [-0.39, 0.29) is 130 Å². The highest BCUT2D eigenvalue weighted by atomic mass is 16.6. The Labute approximate surface area is 513 Å². The molecule has 0 aliphatic carbocycles. The Morgan fingerprint density at radius 1 is 0.719 bits per heavy atom. The van der Waals surface area contributed by atoms with Crippen LogP contribution in [-0.2, 0) is 70.4 Å². The Balaban J connectivity index is 0.912. The normalized spacial score (nSPS) is 13.0. The third kappa shape index (κ3) is 23.3. The van der Waals surface area contributed by atoms with Crippen molar-refractivity contribution in [1.82, 2.24) is 51.4 Å². The van der Waals surface area contributed by atoms with Crippen LogP contribution in [0.1, 0.15) is 63.0 Å². The fourth-order valence-electron chi connectivity index (χ4n) is 8.74. The van der Waals surface area contributed by atoms with Crippen LogP contribution in [0.4, 0.5) is 15.3 Å². The van der Waals surface area contributed by atoms with Gasteiger partial charge in [-0.3, -0.25) is 48.4 Å². The number of ether oxygens (including phenoxy) is 6. The van der Waals surface area contributed by atoms with Gasteiger partial charge in [-0.05, 0) is 80.1 Å². The zero-order valence-electron chi connectivity index (χ0n) is 49.8. The number of anilines is 1. The number of nitrogens with two attached hydrogens (primary N) is 2. The van der Waals surface area contributed by atoms with Gasteiger partial charge in [-0.1, -0.05) is 38.1 Å². The maximum absolute atomic E-state index is 13.9. The van der Waals surface area contributed by atoms with Crippen molar-refractivity contribution < 1.29 is 76.7 Å². The van der Waals surface area contributed by atoms with Crippen molar-refractivity contribution in [1.29, 1.82) is 0 Å². The van der Waals surface area contributed by atoms with E-state index in [1.807, 2.05) is 49.4 Å². The fourth-order valence-corrected chi connectivity index (χ4v) is 8.74. The highest BCUT2D eigenvalue weighted by molar-refractivity contribution is 6.12. The van der Waals surface area contributed by atoms with Gasteiger partial charge in [0.2, 0.25) is 23.6 Å². The van der Waals surface area contributed by atoms with Gasteiger partial charge in [0.1, 0.15) is 42.9 Å². The number of aliphatic carboxylic acids is 1. The van der Waals surface area contributed by atoms with Gasteiger partial charge >= 0.3 is 18.1 Å². The van der Waals surface area contributed by atoms with Crippen molar-refractivity contribution in [3.8, 4) is 28.4 Å². The van der Waals surface area contributed by atoms with Crippen LogP contribution in [0.5, 0.6) is 5.75 Å². The van der Waals surface area contributed by atoms with Crippen molar-refractivity contribution in [3.05, 3.63) is 102 Å². The lowest BCUT2D eigenvalue weighted by atomic mass is 10.0. The van der Waals surface area contributed by atoms with E-state index in [4.69, 9.17) is 44.9 Å². The first kappa shape index (κ1) is 68.7. The Kier molecular flexibility index (Phi) is 27.8. The number of imidazole rings is 1. The second kappa shape index (κ2) is 36.0. The molecule has 1 aliphatic rings. The molecule has 0 spiro atoms. The lowest BCUT2D eigenvalue weighted by Crippen LogP contribution is -2.58. The molecule has 0 saturated carbocycles. The summed E-state index contributed by atoms with van der Waals surface area (Å²) in [6, 6.07) is 15.2. The van der Waals surface area contributed by atoms with Crippen LogP contribution in [0, 0.1) is 12.8 Å². The quantitative estimate of drug-likeness (QED) is 0.0200. The number of rotatable bonds is 39. The molecule has 2 aromatic carbocycles. The third-order valence-electron chi connectivity index (χ3n) is 13.3. The summed E-state index contributed by atoms with van der Waals surface area (Å²) in [5.74, 6) is -4.29. The van der Waals surface area contributed by atoms with Gasteiger partial charge < -0.3 is 81.9 Å². The molecule has 9 amide bonds. The minimum absolute atomic E-state index is 0.0199. The summed E-state index contributed by atoms with van der Waals surface area (Å²) < 4.78 is 33.0. The van der Waals surface area contributed by atoms with Gasteiger partial charge in [0, 0.05) is 53.9 Å². The number of pyridine rings is 2. The van der Waals surface area contributed by atoms with E-state index in [0.717, 1.165) is 38.4 Å². The molecule has 478 valence electrons. The number of fused-ring (bicyclic) bond motifs is 1. The number of hydrogen-bond acceptors (Lipinski definition) is 19. The summed E-state index contributed by atoms with van der Waals surface area (Å²) >= 11 is 0. The predicted octanol–water partition coefficient (Wildman–Crippen LogP) is 2.50. The summed E-state index contributed by atoms with van der Waals surface area (Å²) in [4.78, 5) is 131. The minimum atomic E-state index is -1.35. The second-order valence-corrected chi connectivity index (χ2v) is 20.5. The molecule has 12 N–H and O–H groups in total. The first-order chi connectivity index (χ1) is 42.9. The van der Waals surface area contributed by atoms with Gasteiger partial charge in [-0.15, -0.1) is 0 Å². The number of carbonyl (C=O) groups is 9. The number of nitrogens with one attached hydrogen (secondary N) is 7. The first-order valence-corrected chi connectivity index (χ1v) is 28.9. The SMILES string of the molecule is Cc1cccc(-c2[nH]c(CN)nc2-c2ccc3ncc(OCCNC(=O)OCc4ccc(NC(=O)[C@H](CCCNC(N)=O)NC(=O)[C@@H](NC(=O)[C@H](CCC(=O)O)NC(=O)CCOCCOCCOCCOCCN5C(=O)C=CC5=O)C(C)C)cc4)cc3c2)n1. The van der Waals surface area contributed by atoms with Crippen LogP contribution in [0.15, 0.2) is 85.1 Å². The van der Waals surface area contributed by atoms with Crippen LogP contribution >= 0.6 is 0 Å². The molecule has 6 rings (SSSR count). The molecule has 1 aliphatic heterocycles. The molecule has 89 heavy (non-hydrogen) atoms.